The summed E-state index contributed by atoms with van der Waals surface area (Å²) in [5, 5.41) is 0. The van der Waals surface area contributed by atoms with E-state index in [1.165, 1.54) is 0 Å². The quantitative estimate of drug-likeness (QED) is 0.652. The molecule has 0 atom stereocenters. The largest absolute Gasteiger partial charge is 0.342 e. The van der Waals surface area contributed by atoms with Crippen molar-refractivity contribution < 1.29 is 0 Å². The van der Waals surface area contributed by atoms with Gasteiger partial charge in [-0.05, 0) is 19.1 Å². The van der Waals surface area contributed by atoms with Crippen LogP contribution in [0.2, 0.25) is 0 Å². The number of aromatic amines is 1. The van der Waals surface area contributed by atoms with E-state index in [0.29, 0.717) is 6.42 Å². The number of imidazole rings is 1. The minimum atomic E-state index is 0.717. The van der Waals surface area contributed by atoms with Crippen molar-refractivity contribution in [2.75, 3.05) is 0 Å². The Balaban J connectivity index is 2.69. The van der Waals surface area contributed by atoms with Crippen LogP contribution in [0, 0.1) is 6.92 Å². The van der Waals surface area contributed by atoms with Crippen molar-refractivity contribution >= 4 is 11.0 Å². The van der Waals surface area contributed by atoms with Gasteiger partial charge in [-0.15, -0.1) is 0 Å². The fourth-order valence-electron chi connectivity index (χ4n) is 1.12. The van der Waals surface area contributed by atoms with Gasteiger partial charge in [0.2, 0.25) is 0 Å². The number of H-pyrrole nitrogens is 1. The molecule has 0 amide bonds. The van der Waals surface area contributed by atoms with Crippen molar-refractivity contribution in [3.63, 3.8) is 0 Å². The first-order valence-electron chi connectivity index (χ1n) is 3.63. The minimum absolute atomic E-state index is 0.717. The van der Waals surface area contributed by atoms with E-state index >= 15 is 0 Å². The van der Waals surface area contributed by atoms with Gasteiger partial charge >= 0.3 is 0 Å². The van der Waals surface area contributed by atoms with E-state index in [0.717, 1.165) is 16.9 Å². The van der Waals surface area contributed by atoms with Crippen LogP contribution in [0.15, 0.2) is 24.3 Å². The summed E-state index contributed by atoms with van der Waals surface area (Å²) in [4.78, 5) is 7.48. The van der Waals surface area contributed by atoms with Crippen LogP contribution in [-0.4, -0.2) is 9.97 Å². The average Bonchev–Trinajstić information content (AvgIpc) is 2.46. The number of hydrogen-bond donors (Lipinski definition) is 1. The molecular weight excluding hydrogens is 136 g/mol. The highest BCUT2D eigenvalue weighted by Crippen LogP contribution is 2.09. The number of fused-ring (bicyclic) bond motifs is 1. The Morgan fingerprint density at radius 1 is 1.36 bits per heavy atom. The number of benzene rings is 1. The molecule has 0 aliphatic heterocycles. The van der Waals surface area contributed by atoms with Gasteiger partial charge in [-0.25, -0.2) is 4.98 Å². The maximum absolute atomic E-state index is 4.31. The summed E-state index contributed by atoms with van der Waals surface area (Å²) in [6, 6.07) is 7.98. The van der Waals surface area contributed by atoms with Crippen LogP contribution >= 0.6 is 0 Å². The number of para-hydroxylation sites is 2. The van der Waals surface area contributed by atoms with Crippen molar-refractivity contribution in [1.82, 2.24) is 9.97 Å². The molecule has 2 rings (SSSR count). The third kappa shape index (κ3) is 1.00. The molecular formula is C9H9N2. The second kappa shape index (κ2) is 2.38. The molecule has 1 heterocycles. The predicted molar refractivity (Wildman–Crippen MR) is 45.2 cm³/mol. The molecule has 0 bridgehead atoms. The van der Waals surface area contributed by atoms with Crippen molar-refractivity contribution in [2.45, 2.75) is 6.42 Å². The lowest BCUT2D eigenvalue weighted by Gasteiger charge is -1.82. The highest BCUT2D eigenvalue weighted by atomic mass is 14.9. The monoisotopic (exact) mass is 145 g/mol. The average molecular weight is 145 g/mol. The molecule has 2 heteroatoms. The van der Waals surface area contributed by atoms with Gasteiger partial charge in [-0.3, -0.25) is 0 Å². The summed E-state index contributed by atoms with van der Waals surface area (Å²) in [6.07, 6.45) is 0.717. The molecule has 0 aliphatic carbocycles. The minimum Gasteiger partial charge on any atom is -0.342 e. The summed E-state index contributed by atoms with van der Waals surface area (Å²) >= 11 is 0. The fourth-order valence-corrected chi connectivity index (χ4v) is 1.12. The van der Waals surface area contributed by atoms with Gasteiger partial charge in [-0.2, -0.15) is 0 Å². The first kappa shape index (κ1) is 6.40. The molecule has 0 fully saturated rings. The third-order valence-electron chi connectivity index (χ3n) is 1.68. The van der Waals surface area contributed by atoms with E-state index in [2.05, 4.69) is 16.9 Å². The molecule has 1 aromatic carbocycles. The van der Waals surface area contributed by atoms with E-state index in [1.807, 2.05) is 24.3 Å². The first-order chi connectivity index (χ1) is 5.40. The van der Waals surface area contributed by atoms with Crippen LogP contribution in [0.4, 0.5) is 0 Å². The molecule has 1 radical (unpaired) electrons. The zero-order valence-corrected chi connectivity index (χ0v) is 6.17. The number of rotatable bonds is 1. The van der Waals surface area contributed by atoms with Crippen molar-refractivity contribution in [2.24, 2.45) is 0 Å². The van der Waals surface area contributed by atoms with Crippen LogP contribution in [-0.2, 0) is 6.42 Å². The molecule has 11 heavy (non-hydrogen) atoms. The standard InChI is InChI=1S/C9H9N2/c1-2-9-10-7-5-3-4-6-8(7)11-9/h3-6H,1-2H2,(H,10,11). The Bertz CT molecular complexity index is 329. The molecule has 0 aliphatic rings. The Morgan fingerprint density at radius 2 is 2.18 bits per heavy atom. The summed E-state index contributed by atoms with van der Waals surface area (Å²) in [6.45, 7) is 3.76. The smallest absolute Gasteiger partial charge is 0.107 e. The van der Waals surface area contributed by atoms with E-state index in [9.17, 15) is 0 Å². The fraction of sp³-hybridized carbons (Fsp3) is 0.111. The lowest BCUT2D eigenvalue weighted by atomic mass is 10.3. The number of nitrogens with one attached hydrogen (secondary N) is 1. The first-order valence-corrected chi connectivity index (χ1v) is 3.63. The van der Waals surface area contributed by atoms with Gasteiger partial charge in [-0.1, -0.05) is 12.1 Å². The highest BCUT2D eigenvalue weighted by Gasteiger charge is 1.97. The van der Waals surface area contributed by atoms with Gasteiger partial charge in [0.05, 0.1) is 11.0 Å². The molecule has 0 unspecified atom stereocenters. The van der Waals surface area contributed by atoms with Crippen LogP contribution in [0.25, 0.3) is 11.0 Å². The molecule has 0 saturated heterocycles. The van der Waals surface area contributed by atoms with Gasteiger partial charge in [0.1, 0.15) is 5.82 Å². The van der Waals surface area contributed by atoms with Crippen molar-refractivity contribution in [1.29, 1.82) is 0 Å². The normalized spacial score (nSPS) is 10.6. The SMILES string of the molecule is [CH2]Cc1nc2ccccc2[nH]1. The molecule has 0 spiro atoms. The lowest BCUT2D eigenvalue weighted by molar-refractivity contribution is 1.07. The molecule has 0 saturated carbocycles. The maximum Gasteiger partial charge on any atom is 0.107 e. The highest BCUT2D eigenvalue weighted by molar-refractivity contribution is 5.74. The van der Waals surface area contributed by atoms with Gasteiger partial charge in [0, 0.05) is 6.42 Å². The number of nitrogens with zero attached hydrogens (tertiary/aromatic N) is 1. The third-order valence-corrected chi connectivity index (χ3v) is 1.68. The Morgan fingerprint density at radius 3 is 2.91 bits per heavy atom. The molecule has 55 valence electrons. The second-order valence-electron chi connectivity index (χ2n) is 2.45. The maximum atomic E-state index is 4.31. The molecule has 2 aromatic rings. The Hall–Kier alpha value is -1.31. The van der Waals surface area contributed by atoms with Crippen LogP contribution in [0.5, 0.6) is 0 Å². The van der Waals surface area contributed by atoms with Crippen LogP contribution < -0.4 is 0 Å². The molecule has 1 N–H and O–H groups in total. The summed E-state index contributed by atoms with van der Waals surface area (Å²) in [5.41, 5.74) is 2.11. The van der Waals surface area contributed by atoms with E-state index < -0.39 is 0 Å². The topological polar surface area (TPSA) is 28.7 Å². The lowest BCUT2D eigenvalue weighted by Crippen LogP contribution is -1.79. The van der Waals surface area contributed by atoms with Crippen molar-refractivity contribution in [3.05, 3.63) is 37.0 Å². The van der Waals surface area contributed by atoms with E-state index in [4.69, 9.17) is 0 Å². The summed E-state index contributed by atoms with van der Waals surface area (Å²) in [5.74, 6) is 0.950. The predicted octanol–water partition coefficient (Wildman–Crippen LogP) is 1.94. The van der Waals surface area contributed by atoms with Gasteiger partial charge in [0.25, 0.3) is 0 Å². The Kier molecular flexibility index (Phi) is 1.39. The summed E-state index contributed by atoms with van der Waals surface area (Å²) in [7, 11) is 0. The second-order valence-corrected chi connectivity index (χ2v) is 2.45. The van der Waals surface area contributed by atoms with Gasteiger partial charge in [0.15, 0.2) is 0 Å². The zero-order valence-electron chi connectivity index (χ0n) is 6.17. The van der Waals surface area contributed by atoms with E-state index in [-0.39, 0.29) is 0 Å². The van der Waals surface area contributed by atoms with Crippen LogP contribution in [0.1, 0.15) is 5.82 Å². The zero-order chi connectivity index (χ0) is 7.68. The summed E-state index contributed by atoms with van der Waals surface area (Å²) < 4.78 is 0. The molecule has 1 aromatic heterocycles. The van der Waals surface area contributed by atoms with Crippen molar-refractivity contribution in [3.8, 4) is 0 Å². The number of aromatic nitrogens is 2. The number of hydrogen-bond acceptors (Lipinski definition) is 1. The van der Waals surface area contributed by atoms with Crippen LogP contribution in [0.3, 0.4) is 0 Å². The van der Waals surface area contributed by atoms with Gasteiger partial charge < -0.3 is 4.98 Å². The van der Waals surface area contributed by atoms with E-state index in [1.54, 1.807) is 0 Å². The molecule has 2 nitrogen and oxygen atoms in total. The Labute approximate surface area is 65.3 Å².